The summed E-state index contributed by atoms with van der Waals surface area (Å²) in [6.45, 7) is 11.3. The first-order valence-electron chi connectivity index (χ1n) is 6.84. The molecule has 0 aliphatic heterocycles. The SMILES string of the molecule is CCNC(=O)NC(=O)C(C)NC(COCC)C(C)C. The predicted molar refractivity (Wildman–Crippen MR) is 74.9 cm³/mol. The van der Waals surface area contributed by atoms with Crippen LogP contribution in [-0.4, -0.2) is 43.8 Å². The fourth-order valence-corrected chi connectivity index (χ4v) is 1.50. The van der Waals surface area contributed by atoms with E-state index in [1.54, 1.807) is 13.8 Å². The summed E-state index contributed by atoms with van der Waals surface area (Å²) in [7, 11) is 0. The van der Waals surface area contributed by atoms with Crippen LogP contribution in [0.4, 0.5) is 4.79 Å². The molecule has 6 heteroatoms. The number of hydrogen-bond acceptors (Lipinski definition) is 4. The summed E-state index contributed by atoms with van der Waals surface area (Å²) >= 11 is 0. The van der Waals surface area contributed by atoms with Crippen LogP contribution in [0.15, 0.2) is 0 Å². The highest BCUT2D eigenvalue weighted by molar-refractivity contribution is 5.96. The van der Waals surface area contributed by atoms with Crippen molar-refractivity contribution >= 4 is 11.9 Å². The quantitative estimate of drug-likeness (QED) is 0.613. The van der Waals surface area contributed by atoms with Crippen molar-refractivity contribution in [3.05, 3.63) is 0 Å². The van der Waals surface area contributed by atoms with E-state index >= 15 is 0 Å². The van der Waals surface area contributed by atoms with E-state index in [0.717, 1.165) is 0 Å². The van der Waals surface area contributed by atoms with Gasteiger partial charge in [0.05, 0.1) is 12.6 Å². The van der Waals surface area contributed by atoms with Gasteiger partial charge in [0.15, 0.2) is 0 Å². The average Bonchev–Trinajstić information content (AvgIpc) is 2.33. The largest absolute Gasteiger partial charge is 0.380 e. The van der Waals surface area contributed by atoms with Gasteiger partial charge in [0.25, 0.3) is 0 Å². The number of carbonyl (C=O) groups excluding carboxylic acids is 2. The van der Waals surface area contributed by atoms with Gasteiger partial charge in [-0.3, -0.25) is 10.1 Å². The lowest BCUT2D eigenvalue weighted by atomic mass is 10.0. The van der Waals surface area contributed by atoms with Crippen molar-refractivity contribution in [2.24, 2.45) is 5.92 Å². The lowest BCUT2D eigenvalue weighted by Crippen LogP contribution is -2.52. The monoisotopic (exact) mass is 273 g/mol. The minimum absolute atomic E-state index is 0.0786. The Morgan fingerprint density at radius 1 is 1.16 bits per heavy atom. The second-order valence-electron chi connectivity index (χ2n) is 4.75. The average molecular weight is 273 g/mol. The Bertz CT molecular complexity index is 282. The molecule has 0 heterocycles. The van der Waals surface area contributed by atoms with Crippen LogP contribution in [0.5, 0.6) is 0 Å². The molecule has 0 saturated carbocycles. The Morgan fingerprint density at radius 2 is 1.79 bits per heavy atom. The Hall–Kier alpha value is -1.14. The molecule has 6 nitrogen and oxygen atoms in total. The fourth-order valence-electron chi connectivity index (χ4n) is 1.50. The van der Waals surface area contributed by atoms with E-state index in [4.69, 9.17) is 4.74 Å². The van der Waals surface area contributed by atoms with Crippen LogP contribution in [0.3, 0.4) is 0 Å². The first kappa shape index (κ1) is 17.9. The maximum atomic E-state index is 11.8. The molecule has 0 aromatic heterocycles. The molecular weight excluding hydrogens is 246 g/mol. The maximum absolute atomic E-state index is 11.8. The standard InChI is InChI=1S/C13H27N3O3/c1-6-14-13(18)16-12(17)10(5)15-11(9(3)4)8-19-7-2/h9-11,15H,6-8H2,1-5H3,(H2,14,16,17,18). The highest BCUT2D eigenvalue weighted by Gasteiger charge is 2.21. The van der Waals surface area contributed by atoms with Crippen molar-refractivity contribution in [2.45, 2.75) is 46.7 Å². The number of nitrogens with one attached hydrogen (secondary N) is 3. The molecule has 0 radical (unpaired) electrons. The third-order valence-corrected chi connectivity index (χ3v) is 2.74. The zero-order chi connectivity index (χ0) is 14.8. The first-order valence-corrected chi connectivity index (χ1v) is 6.84. The zero-order valence-electron chi connectivity index (χ0n) is 12.6. The van der Waals surface area contributed by atoms with Crippen LogP contribution in [0, 0.1) is 5.92 Å². The smallest absolute Gasteiger partial charge is 0.321 e. The van der Waals surface area contributed by atoms with Crippen molar-refractivity contribution in [1.29, 1.82) is 0 Å². The molecule has 0 aromatic rings. The van der Waals surface area contributed by atoms with E-state index in [0.29, 0.717) is 25.7 Å². The molecular formula is C13H27N3O3. The van der Waals surface area contributed by atoms with Crippen LogP contribution in [0.1, 0.15) is 34.6 Å². The summed E-state index contributed by atoms with van der Waals surface area (Å²) in [5.41, 5.74) is 0. The number of rotatable bonds is 8. The Kier molecular flexibility index (Phi) is 9.16. The summed E-state index contributed by atoms with van der Waals surface area (Å²) in [5.74, 6) is -0.000586. The van der Waals surface area contributed by atoms with E-state index in [1.165, 1.54) is 0 Å². The molecule has 0 rings (SSSR count). The topological polar surface area (TPSA) is 79.5 Å². The first-order chi connectivity index (χ1) is 8.92. The van der Waals surface area contributed by atoms with Gasteiger partial charge in [-0.1, -0.05) is 13.8 Å². The summed E-state index contributed by atoms with van der Waals surface area (Å²) in [6, 6.07) is -0.836. The maximum Gasteiger partial charge on any atom is 0.321 e. The number of carbonyl (C=O) groups is 2. The highest BCUT2D eigenvalue weighted by Crippen LogP contribution is 2.03. The van der Waals surface area contributed by atoms with E-state index in [-0.39, 0.29) is 11.9 Å². The summed E-state index contributed by atoms with van der Waals surface area (Å²) in [5, 5.41) is 7.99. The Morgan fingerprint density at radius 3 is 2.26 bits per heavy atom. The molecule has 19 heavy (non-hydrogen) atoms. The van der Waals surface area contributed by atoms with Gasteiger partial charge in [0.1, 0.15) is 0 Å². The van der Waals surface area contributed by atoms with Crippen LogP contribution >= 0.6 is 0 Å². The van der Waals surface area contributed by atoms with Gasteiger partial charge in [0.2, 0.25) is 5.91 Å². The molecule has 0 aromatic carbocycles. The molecule has 0 bridgehead atoms. The lowest BCUT2D eigenvalue weighted by molar-refractivity contribution is -0.122. The predicted octanol–water partition coefficient (Wildman–Crippen LogP) is 0.871. The summed E-state index contributed by atoms with van der Waals surface area (Å²) < 4.78 is 5.38. The normalized spacial score (nSPS) is 14.0. The molecule has 2 unspecified atom stereocenters. The number of amides is 3. The van der Waals surface area contributed by atoms with E-state index in [2.05, 4.69) is 29.8 Å². The summed E-state index contributed by atoms with van der Waals surface area (Å²) in [6.07, 6.45) is 0. The second-order valence-corrected chi connectivity index (χ2v) is 4.75. The highest BCUT2D eigenvalue weighted by atomic mass is 16.5. The van der Waals surface area contributed by atoms with Gasteiger partial charge >= 0.3 is 6.03 Å². The van der Waals surface area contributed by atoms with Gasteiger partial charge in [-0.2, -0.15) is 0 Å². The molecule has 2 atom stereocenters. The number of urea groups is 1. The van der Waals surface area contributed by atoms with Gasteiger partial charge in [0, 0.05) is 19.2 Å². The van der Waals surface area contributed by atoms with Crippen LogP contribution in [0.25, 0.3) is 0 Å². The van der Waals surface area contributed by atoms with Gasteiger partial charge in [-0.05, 0) is 26.7 Å². The molecule has 3 amide bonds. The van der Waals surface area contributed by atoms with Crippen LogP contribution in [0.2, 0.25) is 0 Å². The third-order valence-electron chi connectivity index (χ3n) is 2.74. The molecule has 0 aliphatic rings. The molecule has 0 saturated heterocycles. The zero-order valence-corrected chi connectivity index (χ0v) is 12.6. The van der Waals surface area contributed by atoms with Crippen molar-refractivity contribution in [3.63, 3.8) is 0 Å². The summed E-state index contributed by atoms with van der Waals surface area (Å²) in [4.78, 5) is 23.0. The number of hydrogen-bond donors (Lipinski definition) is 3. The van der Waals surface area contributed by atoms with E-state index in [9.17, 15) is 9.59 Å². The molecule has 0 fully saturated rings. The molecule has 3 N–H and O–H groups in total. The van der Waals surface area contributed by atoms with Crippen LogP contribution < -0.4 is 16.0 Å². The number of imide groups is 1. The minimum atomic E-state index is -0.466. The van der Waals surface area contributed by atoms with Crippen molar-refractivity contribution < 1.29 is 14.3 Å². The van der Waals surface area contributed by atoms with Gasteiger partial charge < -0.3 is 15.4 Å². The molecule has 112 valence electrons. The lowest BCUT2D eigenvalue weighted by Gasteiger charge is -2.25. The fraction of sp³-hybridized carbons (Fsp3) is 0.846. The van der Waals surface area contributed by atoms with E-state index < -0.39 is 12.1 Å². The minimum Gasteiger partial charge on any atom is -0.380 e. The Labute approximate surface area is 115 Å². The van der Waals surface area contributed by atoms with E-state index in [1.807, 2.05) is 6.92 Å². The number of ether oxygens (including phenoxy) is 1. The molecule has 0 spiro atoms. The van der Waals surface area contributed by atoms with Crippen LogP contribution in [-0.2, 0) is 9.53 Å². The molecule has 0 aliphatic carbocycles. The Balaban J connectivity index is 4.26. The van der Waals surface area contributed by atoms with Crippen molar-refractivity contribution in [2.75, 3.05) is 19.8 Å². The van der Waals surface area contributed by atoms with Crippen molar-refractivity contribution in [3.8, 4) is 0 Å². The van der Waals surface area contributed by atoms with Crippen molar-refractivity contribution in [1.82, 2.24) is 16.0 Å². The second kappa shape index (κ2) is 9.75. The van der Waals surface area contributed by atoms with Gasteiger partial charge in [-0.25, -0.2) is 4.79 Å². The third kappa shape index (κ3) is 7.79. The van der Waals surface area contributed by atoms with Gasteiger partial charge in [-0.15, -0.1) is 0 Å².